The molecular formula is C27H24FN3O5. The van der Waals surface area contributed by atoms with Crippen LogP contribution in [0, 0.1) is 5.82 Å². The van der Waals surface area contributed by atoms with Gasteiger partial charge in [-0.05, 0) is 73.2 Å². The van der Waals surface area contributed by atoms with Crippen molar-refractivity contribution in [3.05, 3.63) is 90.6 Å². The Bertz CT molecular complexity index is 1310. The van der Waals surface area contributed by atoms with Crippen LogP contribution in [0.3, 0.4) is 0 Å². The molecule has 0 bridgehead atoms. The summed E-state index contributed by atoms with van der Waals surface area (Å²) in [6.07, 6.45) is 4.36. The van der Waals surface area contributed by atoms with Gasteiger partial charge in [0.2, 0.25) is 18.2 Å². The van der Waals surface area contributed by atoms with E-state index in [1.54, 1.807) is 48.5 Å². The van der Waals surface area contributed by atoms with E-state index >= 15 is 0 Å². The molecule has 0 aliphatic rings. The van der Waals surface area contributed by atoms with Gasteiger partial charge in [-0.3, -0.25) is 4.79 Å². The summed E-state index contributed by atoms with van der Waals surface area (Å²) in [5.74, 6) is 1.42. The van der Waals surface area contributed by atoms with Crippen LogP contribution in [0.25, 0.3) is 17.5 Å². The highest BCUT2D eigenvalue weighted by molar-refractivity contribution is 6.02. The Balaban J connectivity index is 1.33. The first-order valence-electron chi connectivity index (χ1n) is 11.2. The smallest absolute Gasteiger partial charge is 0.248 e. The van der Waals surface area contributed by atoms with Crippen molar-refractivity contribution in [3.63, 3.8) is 0 Å². The third kappa shape index (κ3) is 6.92. The van der Waals surface area contributed by atoms with Crippen LogP contribution >= 0.6 is 0 Å². The predicted octanol–water partition coefficient (Wildman–Crippen LogP) is 5.38. The fourth-order valence-corrected chi connectivity index (χ4v) is 3.24. The van der Waals surface area contributed by atoms with E-state index in [2.05, 4.69) is 15.5 Å². The van der Waals surface area contributed by atoms with Gasteiger partial charge in [-0.1, -0.05) is 12.1 Å². The second-order valence-corrected chi connectivity index (χ2v) is 7.44. The van der Waals surface area contributed by atoms with E-state index < -0.39 is 0 Å². The number of nitrogens with zero attached hydrogens (tertiary/aromatic N) is 2. The number of rotatable bonds is 11. The van der Waals surface area contributed by atoms with Crippen LogP contribution < -0.4 is 19.5 Å². The monoisotopic (exact) mass is 489 g/mol. The summed E-state index contributed by atoms with van der Waals surface area (Å²) in [6.45, 7) is 2.89. The lowest BCUT2D eigenvalue weighted by Gasteiger charge is -2.13. The molecule has 0 aliphatic heterocycles. The second kappa shape index (κ2) is 12.2. The molecule has 0 fully saturated rings. The molecule has 0 atom stereocenters. The zero-order valence-corrected chi connectivity index (χ0v) is 19.5. The number of anilines is 1. The van der Waals surface area contributed by atoms with Crippen molar-refractivity contribution in [2.24, 2.45) is 0 Å². The summed E-state index contributed by atoms with van der Waals surface area (Å²) in [4.78, 5) is 12.4. The van der Waals surface area contributed by atoms with Crippen molar-refractivity contribution in [1.29, 1.82) is 0 Å². The standard InChI is InChI=1S/C27H24FN3O5/c1-2-33-25-16-19(6-12-24(25)35-15-14-34-23-10-8-21(28)9-11-23)7-13-26(32)30-22-5-3-4-20(17-22)27-31-29-18-36-27/h3-13,16-18H,2,14-15H2,1H3,(H,30,32)/b13-7+. The highest BCUT2D eigenvalue weighted by Gasteiger charge is 2.08. The lowest BCUT2D eigenvalue weighted by molar-refractivity contribution is -0.111. The van der Waals surface area contributed by atoms with Crippen molar-refractivity contribution >= 4 is 17.7 Å². The Hall–Kier alpha value is -4.66. The summed E-state index contributed by atoms with van der Waals surface area (Å²) >= 11 is 0. The average molecular weight is 490 g/mol. The molecule has 1 N–H and O–H groups in total. The van der Waals surface area contributed by atoms with Gasteiger partial charge in [0, 0.05) is 17.3 Å². The first-order valence-corrected chi connectivity index (χ1v) is 11.2. The summed E-state index contributed by atoms with van der Waals surface area (Å²) in [7, 11) is 0. The van der Waals surface area contributed by atoms with Crippen LogP contribution in [0.15, 0.2) is 83.6 Å². The molecular weight excluding hydrogens is 465 g/mol. The maximum atomic E-state index is 13.0. The van der Waals surface area contributed by atoms with Gasteiger partial charge in [-0.2, -0.15) is 0 Å². The fraction of sp³-hybridized carbons (Fsp3) is 0.148. The molecule has 36 heavy (non-hydrogen) atoms. The number of aromatic nitrogens is 2. The minimum absolute atomic E-state index is 0.275. The number of amides is 1. The van der Waals surface area contributed by atoms with Crippen LogP contribution in [-0.4, -0.2) is 35.9 Å². The zero-order chi connectivity index (χ0) is 25.2. The molecule has 8 nitrogen and oxygen atoms in total. The number of benzene rings is 3. The van der Waals surface area contributed by atoms with Crippen LogP contribution in [0.4, 0.5) is 10.1 Å². The maximum absolute atomic E-state index is 13.0. The quantitative estimate of drug-likeness (QED) is 0.223. The largest absolute Gasteiger partial charge is 0.490 e. The van der Waals surface area contributed by atoms with Crippen LogP contribution in [0.5, 0.6) is 17.2 Å². The SMILES string of the molecule is CCOc1cc(/C=C/C(=O)Nc2cccc(-c3nnco3)c2)ccc1OCCOc1ccc(F)cc1. The third-order valence-electron chi connectivity index (χ3n) is 4.86. The van der Waals surface area contributed by atoms with E-state index in [0.29, 0.717) is 41.0 Å². The van der Waals surface area contributed by atoms with E-state index in [1.807, 2.05) is 19.1 Å². The summed E-state index contributed by atoms with van der Waals surface area (Å²) in [5.41, 5.74) is 2.07. The van der Waals surface area contributed by atoms with E-state index in [9.17, 15) is 9.18 Å². The topological polar surface area (TPSA) is 95.7 Å². The van der Waals surface area contributed by atoms with Crippen molar-refractivity contribution in [2.75, 3.05) is 25.1 Å². The van der Waals surface area contributed by atoms with E-state index in [4.69, 9.17) is 18.6 Å². The molecule has 0 saturated carbocycles. The molecule has 1 amide bonds. The van der Waals surface area contributed by atoms with E-state index in [0.717, 1.165) is 5.56 Å². The van der Waals surface area contributed by atoms with Gasteiger partial charge < -0.3 is 23.9 Å². The summed E-state index contributed by atoms with van der Waals surface area (Å²) in [6, 6.07) is 18.3. The van der Waals surface area contributed by atoms with E-state index in [1.165, 1.54) is 24.6 Å². The minimum atomic E-state index is -0.318. The molecule has 9 heteroatoms. The molecule has 184 valence electrons. The van der Waals surface area contributed by atoms with Gasteiger partial charge in [0.1, 0.15) is 24.8 Å². The first kappa shape index (κ1) is 24.5. The summed E-state index contributed by atoms with van der Waals surface area (Å²) < 4.78 is 35.2. The maximum Gasteiger partial charge on any atom is 0.248 e. The van der Waals surface area contributed by atoms with Gasteiger partial charge in [0.25, 0.3) is 0 Å². The number of hydrogen-bond donors (Lipinski definition) is 1. The van der Waals surface area contributed by atoms with Gasteiger partial charge >= 0.3 is 0 Å². The van der Waals surface area contributed by atoms with Crippen molar-refractivity contribution in [2.45, 2.75) is 6.92 Å². The Morgan fingerprint density at radius 3 is 2.61 bits per heavy atom. The van der Waals surface area contributed by atoms with Gasteiger partial charge in [-0.25, -0.2) is 4.39 Å². The highest BCUT2D eigenvalue weighted by atomic mass is 19.1. The molecule has 3 aromatic carbocycles. The number of carbonyl (C=O) groups is 1. The Morgan fingerprint density at radius 1 is 1.00 bits per heavy atom. The zero-order valence-electron chi connectivity index (χ0n) is 19.5. The molecule has 1 heterocycles. The number of carbonyl (C=O) groups excluding carboxylic acids is 1. The number of ether oxygens (including phenoxy) is 3. The van der Waals surface area contributed by atoms with Crippen molar-refractivity contribution in [1.82, 2.24) is 10.2 Å². The normalized spacial score (nSPS) is 10.8. The third-order valence-corrected chi connectivity index (χ3v) is 4.86. The minimum Gasteiger partial charge on any atom is -0.490 e. The molecule has 4 rings (SSSR count). The Morgan fingerprint density at radius 2 is 1.83 bits per heavy atom. The number of halogens is 1. The first-order chi connectivity index (χ1) is 17.6. The predicted molar refractivity (Wildman–Crippen MR) is 132 cm³/mol. The van der Waals surface area contributed by atoms with Crippen LogP contribution in [0.2, 0.25) is 0 Å². The Kier molecular flexibility index (Phi) is 8.27. The second-order valence-electron chi connectivity index (χ2n) is 7.44. The highest BCUT2D eigenvalue weighted by Crippen LogP contribution is 2.29. The molecule has 0 unspecified atom stereocenters. The molecule has 1 aromatic heterocycles. The lowest BCUT2D eigenvalue weighted by Crippen LogP contribution is -2.10. The fourth-order valence-electron chi connectivity index (χ4n) is 3.24. The molecule has 4 aromatic rings. The number of nitrogens with one attached hydrogen (secondary N) is 1. The molecule has 0 radical (unpaired) electrons. The van der Waals surface area contributed by atoms with E-state index in [-0.39, 0.29) is 24.9 Å². The van der Waals surface area contributed by atoms with Gasteiger partial charge in [0.05, 0.1) is 6.61 Å². The van der Waals surface area contributed by atoms with Crippen LogP contribution in [-0.2, 0) is 4.79 Å². The van der Waals surface area contributed by atoms with Crippen LogP contribution in [0.1, 0.15) is 12.5 Å². The Labute approximate surface area is 207 Å². The van der Waals surface area contributed by atoms with Crippen molar-refractivity contribution < 1.29 is 27.8 Å². The van der Waals surface area contributed by atoms with Gasteiger partial charge in [0.15, 0.2) is 11.5 Å². The van der Waals surface area contributed by atoms with Gasteiger partial charge in [-0.15, -0.1) is 10.2 Å². The molecule has 0 saturated heterocycles. The molecule has 0 spiro atoms. The average Bonchev–Trinajstić information content (AvgIpc) is 3.43. The summed E-state index contributed by atoms with van der Waals surface area (Å²) in [5, 5.41) is 10.3. The van der Waals surface area contributed by atoms with Crippen molar-refractivity contribution in [3.8, 4) is 28.7 Å². The lowest BCUT2D eigenvalue weighted by atomic mass is 10.1. The molecule has 0 aliphatic carbocycles. The number of hydrogen-bond acceptors (Lipinski definition) is 7.